The number of H-pyrrole nitrogens is 2. The van der Waals surface area contributed by atoms with Crippen LogP contribution in [0.1, 0.15) is 0 Å². The van der Waals surface area contributed by atoms with Crippen molar-refractivity contribution in [2.75, 3.05) is 0 Å². The van der Waals surface area contributed by atoms with Crippen LogP contribution in [-0.2, 0) is 0 Å². The zero-order valence-electron chi connectivity index (χ0n) is 8.62. The zero-order valence-corrected chi connectivity index (χ0v) is 8.62. The summed E-state index contributed by atoms with van der Waals surface area (Å²) in [5.74, 6) is 0. The van der Waals surface area contributed by atoms with Crippen LogP contribution in [0.5, 0.6) is 0 Å². The highest BCUT2D eigenvalue weighted by Gasteiger charge is 2.04. The summed E-state index contributed by atoms with van der Waals surface area (Å²) in [6.45, 7) is 0. The minimum Gasteiger partial charge on any atom is -0.361 e. The number of hydrogen-bond donors (Lipinski definition) is 2. The highest BCUT2D eigenvalue weighted by Crippen LogP contribution is 2.30. The standard InChI is InChI=1S/C14H10N2/c1-3-13-12(6-8-15-13)10-2-4-14-11(9(1)10)5-7-16-14/h1-8,15-16H. The van der Waals surface area contributed by atoms with Crippen molar-refractivity contribution in [2.24, 2.45) is 0 Å². The summed E-state index contributed by atoms with van der Waals surface area (Å²) in [6, 6.07) is 12.9. The first-order valence-corrected chi connectivity index (χ1v) is 5.39. The van der Waals surface area contributed by atoms with Crippen molar-refractivity contribution in [3.8, 4) is 0 Å². The molecule has 2 N–H and O–H groups in total. The van der Waals surface area contributed by atoms with Gasteiger partial charge in [0, 0.05) is 34.2 Å². The van der Waals surface area contributed by atoms with Gasteiger partial charge in [0.15, 0.2) is 0 Å². The first-order chi connectivity index (χ1) is 7.93. The van der Waals surface area contributed by atoms with Crippen molar-refractivity contribution in [3.05, 3.63) is 48.8 Å². The molecule has 0 atom stereocenters. The smallest absolute Gasteiger partial charge is 0.0460 e. The molecule has 0 saturated carbocycles. The Morgan fingerprint density at radius 3 is 1.50 bits per heavy atom. The molecule has 0 aliphatic heterocycles. The van der Waals surface area contributed by atoms with E-state index in [-0.39, 0.29) is 0 Å². The quantitative estimate of drug-likeness (QED) is 0.438. The predicted molar refractivity (Wildman–Crippen MR) is 67.7 cm³/mol. The van der Waals surface area contributed by atoms with Gasteiger partial charge in [-0.3, -0.25) is 0 Å². The van der Waals surface area contributed by atoms with Crippen LogP contribution in [0.4, 0.5) is 0 Å². The predicted octanol–water partition coefficient (Wildman–Crippen LogP) is 3.80. The van der Waals surface area contributed by atoms with Gasteiger partial charge >= 0.3 is 0 Å². The van der Waals surface area contributed by atoms with Crippen molar-refractivity contribution in [2.45, 2.75) is 0 Å². The Labute approximate surface area is 91.9 Å². The molecule has 76 valence electrons. The largest absolute Gasteiger partial charge is 0.361 e. The van der Waals surface area contributed by atoms with Crippen molar-refractivity contribution in [1.82, 2.24) is 9.97 Å². The molecule has 2 heterocycles. The fraction of sp³-hybridized carbons (Fsp3) is 0. The second kappa shape index (κ2) is 2.67. The Kier molecular flexibility index (Phi) is 1.33. The number of hydrogen-bond acceptors (Lipinski definition) is 0. The molecule has 0 bridgehead atoms. The van der Waals surface area contributed by atoms with E-state index < -0.39 is 0 Å². The van der Waals surface area contributed by atoms with Gasteiger partial charge in [-0.2, -0.15) is 0 Å². The molecule has 0 aliphatic rings. The van der Waals surface area contributed by atoms with E-state index in [2.05, 4.69) is 46.4 Å². The monoisotopic (exact) mass is 206 g/mol. The van der Waals surface area contributed by atoms with E-state index >= 15 is 0 Å². The van der Waals surface area contributed by atoms with Crippen LogP contribution in [0, 0.1) is 0 Å². The molecule has 16 heavy (non-hydrogen) atoms. The Morgan fingerprint density at radius 2 is 1.00 bits per heavy atom. The molecule has 0 unspecified atom stereocenters. The minimum absolute atomic E-state index is 1.20. The van der Waals surface area contributed by atoms with E-state index in [0.29, 0.717) is 0 Å². The topological polar surface area (TPSA) is 31.6 Å². The lowest BCUT2D eigenvalue weighted by molar-refractivity contribution is 1.48. The molecule has 0 radical (unpaired) electrons. The third kappa shape index (κ3) is 0.865. The Balaban J connectivity index is 2.38. The van der Waals surface area contributed by atoms with E-state index in [0.717, 1.165) is 0 Å². The van der Waals surface area contributed by atoms with Crippen molar-refractivity contribution in [3.63, 3.8) is 0 Å². The summed E-state index contributed by atoms with van der Waals surface area (Å²) in [4.78, 5) is 6.49. The normalized spacial score (nSPS) is 11.8. The minimum atomic E-state index is 1.20. The van der Waals surface area contributed by atoms with Gasteiger partial charge in [0.1, 0.15) is 0 Å². The highest BCUT2D eigenvalue weighted by molar-refractivity contribution is 6.16. The molecule has 0 amide bonds. The summed E-state index contributed by atoms with van der Waals surface area (Å²) in [5.41, 5.74) is 2.39. The van der Waals surface area contributed by atoms with Gasteiger partial charge in [-0.25, -0.2) is 0 Å². The third-order valence-electron chi connectivity index (χ3n) is 3.26. The second-order valence-corrected chi connectivity index (χ2v) is 4.10. The van der Waals surface area contributed by atoms with Gasteiger partial charge in [-0.1, -0.05) is 12.1 Å². The lowest BCUT2D eigenvalue weighted by Crippen LogP contribution is -1.76. The van der Waals surface area contributed by atoms with E-state index in [9.17, 15) is 0 Å². The molecule has 2 nitrogen and oxygen atoms in total. The summed E-state index contributed by atoms with van der Waals surface area (Å²) in [5, 5.41) is 5.21. The maximum atomic E-state index is 3.25. The number of aromatic amines is 2. The van der Waals surface area contributed by atoms with E-state index in [1.807, 2.05) is 12.4 Å². The van der Waals surface area contributed by atoms with Crippen LogP contribution in [0.25, 0.3) is 32.6 Å². The van der Waals surface area contributed by atoms with Gasteiger partial charge < -0.3 is 9.97 Å². The molecule has 0 saturated heterocycles. The van der Waals surface area contributed by atoms with Crippen LogP contribution < -0.4 is 0 Å². The number of fused-ring (bicyclic) bond motifs is 5. The summed E-state index contributed by atoms with van der Waals surface area (Å²) < 4.78 is 0. The highest BCUT2D eigenvalue weighted by atomic mass is 14.7. The molecule has 2 aromatic heterocycles. The maximum Gasteiger partial charge on any atom is 0.0460 e. The van der Waals surface area contributed by atoms with Crippen LogP contribution in [-0.4, -0.2) is 9.97 Å². The summed E-state index contributed by atoms with van der Waals surface area (Å²) >= 11 is 0. The number of aromatic nitrogens is 2. The third-order valence-corrected chi connectivity index (χ3v) is 3.26. The van der Waals surface area contributed by atoms with E-state index in [1.54, 1.807) is 0 Å². The molecule has 0 fully saturated rings. The average Bonchev–Trinajstić information content (AvgIpc) is 2.96. The molecule has 0 spiro atoms. The molecule has 2 heteroatoms. The van der Waals surface area contributed by atoms with Crippen molar-refractivity contribution < 1.29 is 0 Å². The van der Waals surface area contributed by atoms with Gasteiger partial charge in [-0.15, -0.1) is 0 Å². The van der Waals surface area contributed by atoms with E-state index in [1.165, 1.54) is 32.6 Å². The number of nitrogens with one attached hydrogen (secondary N) is 2. The van der Waals surface area contributed by atoms with E-state index in [4.69, 9.17) is 0 Å². The lowest BCUT2D eigenvalue weighted by atomic mass is 10.0. The first-order valence-electron chi connectivity index (χ1n) is 5.39. The van der Waals surface area contributed by atoms with Gasteiger partial charge in [0.25, 0.3) is 0 Å². The number of benzene rings is 2. The maximum absolute atomic E-state index is 3.25. The first kappa shape index (κ1) is 7.99. The average molecular weight is 206 g/mol. The SMILES string of the molecule is c1cc2c(ccc3c4cc[nH]c4ccc23)[nH]1. The lowest BCUT2D eigenvalue weighted by Gasteiger charge is -2.01. The molecular weight excluding hydrogens is 196 g/mol. The second-order valence-electron chi connectivity index (χ2n) is 4.10. The fourth-order valence-electron chi connectivity index (χ4n) is 2.49. The fourth-order valence-corrected chi connectivity index (χ4v) is 2.49. The molecule has 0 aliphatic carbocycles. The van der Waals surface area contributed by atoms with Crippen LogP contribution in [0.2, 0.25) is 0 Å². The molecule has 2 aromatic carbocycles. The van der Waals surface area contributed by atoms with Crippen LogP contribution in [0.15, 0.2) is 48.8 Å². The van der Waals surface area contributed by atoms with Crippen molar-refractivity contribution >= 4 is 32.6 Å². The Bertz CT molecular complexity index is 735. The van der Waals surface area contributed by atoms with Crippen LogP contribution in [0.3, 0.4) is 0 Å². The Morgan fingerprint density at radius 1 is 0.500 bits per heavy atom. The Hall–Kier alpha value is -2.22. The van der Waals surface area contributed by atoms with Gasteiger partial charge in [0.05, 0.1) is 0 Å². The molecular formula is C14H10N2. The van der Waals surface area contributed by atoms with Gasteiger partial charge in [-0.05, 0) is 35.0 Å². The zero-order chi connectivity index (χ0) is 10.5. The summed E-state index contributed by atoms with van der Waals surface area (Å²) in [6.07, 6.45) is 3.98. The number of rotatable bonds is 0. The van der Waals surface area contributed by atoms with Crippen LogP contribution >= 0.6 is 0 Å². The van der Waals surface area contributed by atoms with Gasteiger partial charge in [0.2, 0.25) is 0 Å². The van der Waals surface area contributed by atoms with Crippen molar-refractivity contribution in [1.29, 1.82) is 0 Å². The molecule has 4 rings (SSSR count). The summed E-state index contributed by atoms with van der Waals surface area (Å²) in [7, 11) is 0. The molecule has 4 aromatic rings.